The van der Waals surface area contributed by atoms with Crippen molar-refractivity contribution in [1.82, 2.24) is 29.6 Å². The van der Waals surface area contributed by atoms with Crippen molar-refractivity contribution >= 4 is 5.82 Å². The number of anilines is 1. The van der Waals surface area contributed by atoms with Crippen LogP contribution in [0.4, 0.5) is 5.82 Å². The smallest absolute Gasteiger partial charge is 0.266 e. The summed E-state index contributed by atoms with van der Waals surface area (Å²) < 4.78 is 1.55. The first kappa shape index (κ1) is 18.2. The van der Waals surface area contributed by atoms with Crippen LogP contribution >= 0.6 is 0 Å². The van der Waals surface area contributed by atoms with E-state index in [-0.39, 0.29) is 5.56 Å². The summed E-state index contributed by atoms with van der Waals surface area (Å²) in [7, 11) is 0. The van der Waals surface area contributed by atoms with Gasteiger partial charge in [-0.3, -0.25) is 19.7 Å². The van der Waals surface area contributed by atoms with E-state index in [4.69, 9.17) is 0 Å². The van der Waals surface area contributed by atoms with Gasteiger partial charge in [0.1, 0.15) is 5.82 Å². The Balaban J connectivity index is 1.35. The van der Waals surface area contributed by atoms with Gasteiger partial charge in [0.15, 0.2) is 0 Å². The van der Waals surface area contributed by atoms with Crippen molar-refractivity contribution in [3.8, 4) is 11.3 Å². The van der Waals surface area contributed by atoms with E-state index in [0.717, 1.165) is 55.5 Å². The van der Waals surface area contributed by atoms with E-state index in [1.165, 1.54) is 0 Å². The molecule has 144 valence electrons. The van der Waals surface area contributed by atoms with E-state index in [1.807, 2.05) is 25.3 Å². The van der Waals surface area contributed by atoms with Crippen LogP contribution in [0.25, 0.3) is 11.3 Å². The van der Waals surface area contributed by atoms with Gasteiger partial charge in [0.2, 0.25) is 0 Å². The second-order valence-corrected chi connectivity index (χ2v) is 6.86. The summed E-state index contributed by atoms with van der Waals surface area (Å²) >= 11 is 0. The zero-order valence-electron chi connectivity index (χ0n) is 15.9. The standard InChI is InChI=1S/C20H23N7O/c1-16-14-23-19(15-22-16)26-11-8-25(9-12-26)10-13-27-20(28)3-2-18(24-27)17-4-6-21-7-5-17/h2-7,14-15H,8-13H2,1H3. The monoisotopic (exact) mass is 377 g/mol. The maximum atomic E-state index is 12.2. The third kappa shape index (κ3) is 4.23. The normalized spacial score (nSPS) is 15.0. The lowest BCUT2D eigenvalue weighted by molar-refractivity contribution is 0.242. The number of rotatable bonds is 5. The molecule has 1 aliphatic heterocycles. The van der Waals surface area contributed by atoms with Gasteiger partial charge < -0.3 is 4.90 Å². The third-order valence-electron chi connectivity index (χ3n) is 4.93. The lowest BCUT2D eigenvalue weighted by atomic mass is 10.2. The SMILES string of the molecule is Cc1cnc(N2CCN(CCn3nc(-c4ccncc4)ccc3=O)CC2)cn1. The van der Waals surface area contributed by atoms with Crippen LogP contribution in [-0.2, 0) is 6.54 Å². The first-order chi connectivity index (χ1) is 13.7. The minimum atomic E-state index is -0.0774. The fourth-order valence-corrected chi connectivity index (χ4v) is 3.27. The van der Waals surface area contributed by atoms with Crippen LogP contribution in [0.3, 0.4) is 0 Å². The van der Waals surface area contributed by atoms with Crippen molar-refractivity contribution in [2.45, 2.75) is 13.5 Å². The lowest BCUT2D eigenvalue weighted by Crippen LogP contribution is -2.48. The van der Waals surface area contributed by atoms with Gasteiger partial charge in [0.05, 0.1) is 30.3 Å². The quantitative estimate of drug-likeness (QED) is 0.661. The van der Waals surface area contributed by atoms with Crippen molar-refractivity contribution in [3.05, 3.63) is 65.1 Å². The highest BCUT2D eigenvalue weighted by atomic mass is 16.1. The predicted molar refractivity (Wildman–Crippen MR) is 107 cm³/mol. The number of aryl methyl sites for hydroxylation is 1. The molecule has 0 aromatic carbocycles. The fourth-order valence-electron chi connectivity index (χ4n) is 3.27. The van der Waals surface area contributed by atoms with Crippen LogP contribution in [0.5, 0.6) is 0 Å². The van der Waals surface area contributed by atoms with Crippen LogP contribution in [-0.4, -0.2) is 62.4 Å². The van der Waals surface area contributed by atoms with Crippen LogP contribution in [0.2, 0.25) is 0 Å². The maximum Gasteiger partial charge on any atom is 0.266 e. The van der Waals surface area contributed by atoms with Gasteiger partial charge in [0, 0.05) is 56.7 Å². The molecule has 28 heavy (non-hydrogen) atoms. The van der Waals surface area contributed by atoms with Gasteiger partial charge in [-0.25, -0.2) is 9.67 Å². The number of hydrogen-bond acceptors (Lipinski definition) is 7. The van der Waals surface area contributed by atoms with Crippen molar-refractivity contribution < 1.29 is 0 Å². The summed E-state index contributed by atoms with van der Waals surface area (Å²) in [6.07, 6.45) is 7.09. The van der Waals surface area contributed by atoms with Gasteiger partial charge in [-0.15, -0.1) is 0 Å². The van der Waals surface area contributed by atoms with E-state index < -0.39 is 0 Å². The Morgan fingerprint density at radius 2 is 1.71 bits per heavy atom. The minimum absolute atomic E-state index is 0.0774. The topological polar surface area (TPSA) is 80.0 Å². The summed E-state index contributed by atoms with van der Waals surface area (Å²) in [5.74, 6) is 0.924. The molecule has 0 spiro atoms. The lowest BCUT2D eigenvalue weighted by Gasteiger charge is -2.35. The molecule has 0 unspecified atom stereocenters. The Bertz CT molecular complexity index is 964. The molecule has 0 amide bonds. The van der Waals surface area contributed by atoms with Crippen LogP contribution in [0, 0.1) is 6.92 Å². The van der Waals surface area contributed by atoms with Crippen LogP contribution in [0.1, 0.15) is 5.69 Å². The zero-order valence-corrected chi connectivity index (χ0v) is 15.9. The molecular formula is C20H23N7O. The number of piperazine rings is 1. The molecule has 0 radical (unpaired) electrons. The first-order valence-electron chi connectivity index (χ1n) is 9.43. The molecular weight excluding hydrogens is 354 g/mol. The summed E-state index contributed by atoms with van der Waals surface area (Å²) in [6.45, 7) is 6.95. The number of aromatic nitrogens is 5. The predicted octanol–water partition coefficient (Wildman–Crippen LogP) is 1.23. The highest BCUT2D eigenvalue weighted by molar-refractivity contribution is 5.56. The third-order valence-corrected chi connectivity index (χ3v) is 4.93. The van der Waals surface area contributed by atoms with Crippen molar-refractivity contribution in [3.63, 3.8) is 0 Å². The second kappa shape index (κ2) is 8.26. The number of nitrogens with zero attached hydrogens (tertiary/aromatic N) is 7. The van der Waals surface area contributed by atoms with Crippen LogP contribution in [0.15, 0.2) is 53.8 Å². The summed E-state index contributed by atoms with van der Waals surface area (Å²) in [4.78, 5) is 29.6. The molecule has 0 bridgehead atoms. The largest absolute Gasteiger partial charge is 0.353 e. The van der Waals surface area contributed by atoms with Crippen molar-refractivity contribution in [2.75, 3.05) is 37.6 Å². The maximum absolute atomic E-state index is 12.2. The molecule has 1 fully saturated rings. The zero-order chi connectivity index (χ0) is 19.3. The fraction of sp³-hybridized carbons (Fsp3) is 0.350. The van der Waals surface area contributed by atoms with Gasteiger partial charge in [0.25, 0.3) is 5.56 Å². The molecule has 4 heterocycles. The molecule has 3 aromatic rings. The Morgan fingerprint density at radius 1 is 0.929 bits per heavy atom. The van der Waals surface area contributed by atoms with Crippen LogP contribution < -0.4 is 10.5 Å². The van der Waals surface area contributed by atoms with Gasteiger partial charge in [-0.2, -0.15) is 5.10 Å². The van der Waals surface area contributed by atoms with Crippen molar-refractivity contribution in [1.29, 1.82) is 0 Å². The minimum Gasteiger partial charge on any atom is -0.353 e. The molecule has 0 aliphatic carbocycles. The van der Waals surface area contributed by atoms with E-state index in [9.17, 15) is 4.79 Å². The average molecular weight is 377 g/mol. The summed E-state index contributed by atoms with van der Waals surface area (Å²) in [5.41, 5.74) is 2.59. The molecule has 1 saturated heterocycles. The summed E-state index contributed by atoms with van der Waals surface area (Å²) in [6, 6.07) is 7.13. The average Bonchev–Trinajstić information content (AvgIpc) is 2.75. The van der Waals surface area contributed by atoms with E-state index >= 15 is 0 Å². The number of pyridine rings is 1. The first-order valence-corrected chi connectivity index (χ1v) is 9.43. The van der Waals surface area contributed by atoms with Gasteiger partial charge in [-0.05, 0) is 25.1 Å². The molecule has 0 atom stereocenters. The van der Waals surface area contributed by atoms with Gasteiger partial charge >= 0.3 is 0 Å². The Morgan fingerprint density at radius 3 is 2.43 bits per heavy atom. The Kier molecular flexibility index (Phi) is 5.38. The molecule has 1 aliphatic rings. The van der Waals surface area contributed by atoms with Crippen molar-refractivity contribution in [2.24, 2.45) is 0 Å². The van der Waals surface area contributed by atoms with E-state index in [0.29, 0.717) is 6.54 Å². The Labute approximate surface area is 163 Å². The molecule has 4 rings (SSSR count). The summed E-state index contributed by atoms with van der Waals surface area (Å²) in [5, 5.41) is 4.52. The van der Waals surface area contributed by atoms with Gasteiger partial charge in [-0.1, -0.05) is 0 Å². The number of hydrogen-bond donors (Lipinski definition) is 0. The molecule has 8 heteroatoms. The molecule has 8 nitrogen and oxygen atoms in total. The molecule has 0 N–H and O–H groups in total. The van der Waals surface area contributed by atoms with E-state index in [2.05, 4.69) is 29.9 Å². The highest BCUT2D eigenvalue weighted by Gasteiger charge is 2.18. The molecule has 0 saturated carbocycles. The Hall–Kier alpha value is -3.13. The van der Waals surface area contributed by atoms with E-state index in [1.54, 1.807) is 35.4 Å². The highest BCUT2D eigenvalue weighted by Crippen LogP contribution is 2.14. The molecule has 3 aromatic heterocycles. The second-order valence-electron chi connectivity index (χ2n) is 6.86.